The molecule has 0 atom stereocenters. The molecule has 2 rings (SSSR count). The van der Waals surface area contributed by atoms with Crippen LogP contribution in [0.2, 0.25) is 0 Å². The first kappa shape index (κ1) is 14.4. The Hall–Kier alpha value is -2.04. The van der Waals surface area contributed by atoms with Gasteiger partial charge in [-0.3, -0.25) is 4.79 Å². The summed E-state index contributed by atoms with van der Waals surface area (Å²) in [7, 11) is 0. The van der Waals surface area contributed by atoms with Crippen LogP contribution in [0.4, 0.5) is 10.5 Å². The number of anilines is 1. The molecule has 1 fully saturated rings. The largest absolute Gasteiger partial charge is 0.481 e. The lowest BCUT2D eigenvalue weighted by atomic mass is 9.69. The van der Waals surface area contributed by atoms with Gasteiger partial charge >= 0.3 is 12.0 Å². The van der Waals surface area contributed by atoms with Crippen molar-refractivity contribution in [1.82, 2.24) is 5.32 Å². The fourth-order valence-corrected chi connectivity index (χ4v) is 2.36. The van der Waals surface area contributed by atoms with E-state index in [1.807, 2.05) is 31.2 Å². The van der Waals surface area contributed by atoms with Crippen LogP contribution in [0.3, 0.4) is 0 Å². The molecule has 2 amide bonds. The molecule has 0 aliphatic heterocycles. The van der Waals surface area contributed by atoms with Gasteiger partial charge in [-0.15, -0.1) is 0 Å². The smallest absolute Gasteiger partial charge is 0.319 e. The van der Waals surface area contributed by atoms with Crippen molar-refractivity contribution in [3.63, 3.8) is 0 Å². The standard InChI is InChI=1S/C15H20N2O3/c1-2-11-5-3-6-12(9-11)17-14(20)16-10-15(13(18)19)7-4-8-15/h3,5-6,9H,2,4,7-8,10H2,1H3,(H,18,19)(H2,16,17,20). The summed E-state index contributed by atoms with van der Waals surface area (Å²) in [5, 5.41) is 14.6. The number of aliphatic carboxylic acids is 1. The molecule has 0 aromatic heterocycles. The predicted octanol–water partition coefficient (Wildman–Crippen LogP) is 2.63. The topological polar surface area (TPSA) is 78.4 Å². The van der Waals surface area contributed by atoms with E-state index in [1.54, 1.807) is 0 Å². The van der Waals surface area contributed by atoms with E-state index in [-0.39, 0.29) is 12.6 Å². The van der Waals surface area contributed by atoms with Gasteiger partial charge in [-0.2, -0.15) is 0 Å². The van der Waals surface area contributed by atoms with Crippen LogP contribution in [0.5, 0.6) is 0 Å². The van der Waals surface area contributed by atoms with Crippen molar-refractivity contribution in [2.75, 3.05) is 11.9 Å². The van der Waals surface area contributed by atoms with Crippen molar-refractivity contribution in [2.24, 2.45) is 5.41 Å². The summed E-state index contributed by atoms with van der Waals surface area (Å²) in [4.78, 5) is 23.0. The summed E-state index contributed by atoms with van der Waals surface area (Å²) in [5.41, 5.74) is 1.10. The Morgan fingerprint density at radius 2 is 2.10 bits per heavy atom. The van der Waals surface area contributed by atoms with Crippen molar-refractivity contribution in [2.45, 2.75) is 32.6 Å². The molecule has 108 valence electrons. The van der Waals surface area contributed by atoms with Crippen molar-refractivity contribution >= 4 is 17.7 Å². The summed E-state index contributed by atoms with van der Waals surface area (Å²) in [6.07, 6.45) is 3.08. The average molecular weight is 276 g/mol. The third-order valence-electron chi connectivity index (χ3n) is 3.94. The normalized spacial score (nSPS) is 16.1. The average Bonchev–Trinajstić information content (AvgIpc) is 2.37. The molecular formula is C15H20N2O3. The first-order valence-electron chi connectivity index (χ1n) is 6.93. The summed E-state index contributed by atoms with van der Waals surface area (Å²) in [6.45, 7) is 2.23. The van der Waals surface area contributed by atoms with E-state index in [1.165, 1.54) is 0 Å². The second-order valence-corrected chi connectivity index (χ2v) is 5.30. The van der Waals surface area contributed by atoms with Crippen molar-refractivity contribution in [3.05, 3.63) is 29.8 Å². The lowest BCUT2D eigenvalue weighted by Gasteiger charge is -2.37. The van der Waals surface area contributed by atoms with E-state index >= 15 is 0 Å². The van der Waals surface area contributed by atoms with Crippen LogP contribution in [0.25, 0.3) is 0 Å². The van der Waals surface area contributed by atoms with Crippen LogP contribution < -0.4 is 10.6 Å². The number of carboxylic acid groups (broad SMARTS) is 1. The number of hydrogen-bond acceptors (Lipinski definition) is 2. The number of benzene rings is 1. The maximum Gasteiger partial charge on any atom is 0.319 e. The number of rotatable bonds is 5. The minimum atomic E-state index is -0.822. The number of urea groups is 1. The molecule has 3 N–H and O–H groups in total. The number of carboxylic acids is 1. The van der Waals surface area contributed by atoms with E-state index in [0.717, 1.165) is 24.1 Å². The fourth-order valence-electron chi connectivity index (χ4n) is 2.36. The Balaban J connectivity index is 1.87. The number of aryl methyl sites for hydroxylation is 1. The second-order valence-electron chi connectivity index (χ2n) is 5.30. The first-order chi connectivity index (χ1) is 9.55. The third kappa shape index (κ3) is 3.10. The van der Waals surface area contributed by atoms with Crippen molar-refractivity contribution in [1.29, 1.82) is 0 Å². The third-order valence-corrected chi connectivity index (χ3v) is 3.94. The van der Waals surface area contributed by atoms with Gasteiger partial charge in [-0.1, -0.05) is 25.5 Å². The monoisotopic (exact) mass is 276 g/mol. The van der Waals surface area contributed by atoms with Crippen LogP contribution in [0.1, 0.15) is 31.7 Å². The number of amides is 2. The molecule has 1 aromatic carbocycles. The predicted molar refractivity (Wildman–Crippen MR) is 76.8 cm³/mol. The number of nitrogens with one attached hydrogen (secondary N) is 2. The van der Waals surface area contributed by atoms with E-state index < -0.39 is 11.4 Å². The van der Waals surface area contributed by atoms with Gasteiger partial charge in [0.25, 0.3) is 0 Å². The molecule has 0 spiro atoms. The van der Waals surface area contributed by atoms with Crippen LogP contribution in [-0.2, 0) is 11.2 Å². The van der Waals surface area contributed by atoms with Gasteiger partial charge in [-0.25, -0.2) is 4.79 Å². The maximum atomic E-state index is 11.8. The number of carbonyl (C=O) groups excluding carboxylic acids is 1. The van der Waals surface area contributed by atoms with Gasteiger partial charge in [0.1, 0.15) is 0 Å². The Labute approximate surface area is 118 Å². The molecule has 1 aliphatic carbocycles. The molecule has 0 radical (unpaired) electrons. The minimum absolute atomic E-state index is 0.182. The van der Waals surface area contributed by atoms with E-state index in [0.29, 0.717) is 12.8 Å². The number of hydrogen-bond donors (Lipinski definition) is 3. The van der Waals surface area contributed by atoms with Crippen LogP contribution >= 0.6 is 0 Å². The molecule has 5 heteroatoms. The Morgan fingerprint density at radius 1 is 1.35 bits per heavy atom. The Kier molecular flexibility index (Phi) is 4.27. The molecular weight excluding hydrogens is 256 g/mol. The number of carbonyl (C=O) groups is 2. The van der Waals surface area contributed by atoms with Gasteiger partial charge in [0.05, 0.1) is 5.41 Å². The highest BCUT2D eigenvalue weighted by atomic mass is 16.4. The van der Waals surface area contributed by atoms with Crippen molar-refractivity contribution < 1.29 is 14.7 Å². The molecule has 0 heterocycles. The molecule has 1 aliphatic rings. The molecule has 0 bridgehead atoms. The molecule has 20 heavy (non-hydrogen) atoms. The molecule has 1 aromatic rings. The zero-order valence-electron chi connectivity index (χ0n) is 11.6. The van der Waals surface area contributed by atoms with Crippen molar-refractivity contribution in [3.8, 4) is 0 Å². The zero-order chi connectivity index (χ0) is 14.6. The minimum Gasteiger partial charge on any atom is -0.481 e. The lowest BCUT2D eigenvalue weighted by molar-refractivity contribution is -0.153. The first-order valence-corrected chi connectivity index (χ1v) is 6.93. The van der Waals surface area contributed by atoms with E-state index in [2.05, 4.69) is 10.6 Å². The highest BCUT2D eigenvalue weighted by Crippen LogP contribution is 2.40. The Bertz CT molecular complexity index is 510. The van der Waals surface area contributed by atoms with Crippen LogP contribution in [0, 0.1) is 5.41 Å². The zero-order valence-corrected chi connectivity index (χ0v) is 11.6. The second kappa shape index (κ2) is 5.94. The van der Waals surface area contributed by atoms with Gasteiger partial charge in [0.2, 0.25) is 0 Å². The SMILES string of the molecule is CCc1cccc(NC(=O)NCC2(C(=O)O)CCC2)c1. The Morgan fingerprint density at radius 3 is 2.65 bits per heavy atom. The maximum absolute atomic E-state index is 11.8. The molecule has 0 unspecified atom stereocenters. The summed E-state index contributed by atoms with van der Waals surface area (Å²) in [5.74, 6) is -0.822. The molecule has 0 saturated heterocycles. The van der Waals surface area contributed by atoms with Crippen LogP contribution in [0.15, 0.2) is 24.3 Å². The highest BCUT2D eigenvalue weighted by Gasteiger charge is 2.44. The lowest BCUT2D eigenvalue weighted by Crippen LogP contribution is -2.48. The van der Waals surface area contributed by atoms with Gasteiger partial charge in [-0.05, 0) is 37.0 Å². The highest BCUT2D eigenvalue weighted by molar-refractivity contribution is 5.89. The summed E-state index contributed by atoms with van der Waals surface area (Å²) in [6, 6.07) is 7.26. The van der Waals surface area contributed by atoms with Gasteiger partial charge < -0.3 is 15.7 Å². The van der Waals surface area contributed by atoms with Gasteiger partial charge in [0.15, 0.2) is 0 Å². The van der Waals surface area contributed by atoms with E-state index in [9.17, 15) is 14.7 Å². The van der Waals surface area contributed by atoms with Gasteiger partial charge in [0, 0.05) is 12.2 Å². The van der Waals surface area contributed by atoms with Crippen LogP contribution in [-0.4, -0.2) is 23.7 Å². The fraction of sp³-hybridized carbons (Fsp3) is 0.467. The summed E-state index contributed by atoms with van der Waals surface area (Å²) >= 11 is 0. The summed E-state index contributed by atoms with van der Waals surface area (Å²) < 4.78 is 0. The quantitative estimate of drug-likeness (QED) is 0.773. The van der Waals surface area contributed by atoms with E-state index in [4.69, 9.17) is 0 Å². The molecule has 1 saturated carbocycles. The molecule has 5 nitrogen and oxygen atoms in total.